The molecule has 2 amide bonds. The number of rotatable bonds is 7. The first-order valence-corrected chi connectivity index (χ1v) is 13.8. The third-order valence-electron chi connectivity index (χ3n) is 7.88. The van der Waals surface area contributed by atoms with Crippen LogP contribution in [0.25, 0.3) is 10.9 Å². The zero-order chi connectivity index (χ0) is 27.6. The van der Waals surface area contributed by atoms with Crippen molar-refractivity contribution in [3.63, 3.8) is 0 Å². The maximum absolute atomic E-state index is 13.7. The molecule has 0 unspecified atom stereocenters. The third kappa shape index (κ3) is 5.47. The van der Waals surface area contributed by atoms with Crippen LogP contribution in [0.1, 0.15) is 57.5 Å². The molecule has 206 valence electrons. The Morgan fingerprint density at radius 2 is 1.62 bits per heavy atom. The van der Waals surface area contributed by atoms with E-state index in [9.17, 15) is 18.4 Å². The Morgan fingerprint density at radius 3 is 2.40 bits per heavy atom. The Morgan fingerprint density at radius 1 is 0.875 bits per heavy atom. The van der Waals surface area contributed by atoms with Crippen LogP contribution in [-0.4, -0.2) is 63.7 Å². The van der Waals surface area contributed by atoms with Gasteiger partial charge in [-0.2, -0.15) is 9.89 Å². The van der Waals surface area contributed by atoms with Gasteiger partial charge in [-0.05, 0) is 92.7 Å². The Hall–Kier alpha value is -4.11. The molecule has 0 saturated carbocycles. The van der Waals surface area contributed by atoms with Crippen LogP contribution in [0.2, 0.25) is 0 Å². The smallest absolute Gasteiger partial charge is 0.272 e. The second kappa shape index (κ2) is 11.2. The molecule has 1 N–H and O–H groups in total. The number of likely N-dealkylation sites (tertiary alicyclic amines) is 2. The number of amides is 2. The predicted octanol–water partition coefficient (Wildman–Crippen LogP) is 4.99. The van der Waals surface area contributed by atoms with Crippen molar-refractivity contribution in [2.45, 2.75) is 38.1 Å². The van der Waals surface area contributed by atoms with Gasteiger partial charge < -0.3 is 9.80 Å². The second-order valence-corrected chi connectivity index (χ2v) is 10.7. The molecule has 4 aromatic rings. The van der Waals surface area contributed by atoms with Crippen molar-refractivity contribution in [3.05, 3.63) is 101 Å². The Balaban J connectivity index is 1.18. The van der Waals surface area contributed by atoms with Crippen LogP contribution in [0.5, 0.6) is 0 Å². The van der Waals surface area contributed by atoms with Gasteiger partial charge in [-0.3, -0.25) is 9.59 Å². The summed E-state index contributed by atoms with van der Waals surface area (Å²) in [5.74, 6) is -1.77. The van der Waals surface area contributed by atoms with Crippen LogP contribution < -0.4 is 5.43 Å². The lowest BCUT2D eigenvalue weighted by Crippen LogP contribution is -2.43. The van der Waals surface area contributed by atoms with Crippen LogP contribution >= 0.6 is 0 Å². The lowest BCUT2D eigenvalue weighted by atomic mass is 10.0. The first-order valence-electron chi connectivity index (χ1n) is 13.8. The molecule has 1 aromatic heterocycles. The number of carbonyl (C=O) groups is 2. The fourth-order valence-electron chi connectivity index (χ4n) is 5.97. The van der Waals surface area contributed by atoms with E-state index in [1.54, 1.807) is 36.5 Å². The summed E-state index contributed by atoms with van der Waals surface area (Å²) in [6.07, 6.45) is 6.34. The van der Waals surface area contributed by atoms with E-state index < -0.39 is 17.5 Å². The van der Waals surface area contributed by atoms with Crippen molar-refractivity contribution in [1.82, 2.24) is 19.7 Å². The van der Waals surface area contributed by atoms with Gasteiger partial charge in [0.2, 0.25) is 0 Å². The summed E-state index contributed by atoms with van der Waals surface area (Å²) in [5, 5.41) is 5.09. The predicted molar refractivity (Wildman–Crippen MR) is 149 cm³/mol. The van der Waals surface area contributed by atoms with E-state index in [1.807, 2.05) is 17.0 Å². The number of nitrogens with zero attached hydrogens (tertiary/aromatic N) is 4. The molecule has 0 aliphatic carbocycles. The van der Waals surface area contributed by atoms with Crippen LogP contribution in [0.15, 0.2) is 66.9 Å². The van der Waals surface area contributed by atoms with Crippen molar-refractivity contribution < 1.29 is 18.4 Å². The van der Waals surface area contributed by atoms with Crippen LogP contribution in [0.3, 0.4) is 0 Å². The van der Waals surface area contributed by atoms with Gasteiger partial charge in [-0.25, -0.2) is 14.2 Å². The monoisotopic (exact) mass is 543 g/mol. The first kappa shape index (κ1) is 26.1. The summed E-state index contributed by atoms with van der Waals surface area (Å²) in [4.78, 5) is 32.8. The molecule has 2 aliphatic rings. The minimum absolute atomic E-state index is 0.115. The van der Waals surface area contributed by atoms with E-state index in [-0.39, 0.29) is 11.9 Å². The number of hydrogen-bond donors (Lipinski definition) is 1. The largest absolute Gasteiger partial charge is 0.334 e. The Labute approximate surface area is 231 Å². The molecule has 2 fully saturated rings. The maximum atomic E-state index is 13.7. The highest BCUT2D eigenvalue weighted by atomic mass is 19.1. The van der Waals surface area contributed by atoms with Crippen molar-refractivity contribution in [3.8, 4) is 0 Å². The normalized spacial score (nSPS) is 17.6. The van der Waals surface area contributed by atoms with E-state index in [0.29, 0.717) is 35.2 Å². The molecule has 0 radical (unpaired) electrons. The van der Waals surface area contributed by atoms with E-state index in [4.69, 9.17) is 0 Å². The minimum Gasteiger partial charge on any atom is -0.334 e. The summed E-state index contributed by atoms with van der Waals surface area (Å²) in [7, 11) is 0. The molecule has 6 rings (SSSR count). The highest BCUT2D eigenvalue weighted by Crippen LogP contribution is 2.24. The van der Waals surface area contributed by atoms with Crippen molar-refractivity contribution in [2.75, 3.05) is 31.6 Å². The minimum atomic E-state index is -0.614. The average molecular weight is 544 g/mol. The third-order valence-corrected chi connectivity index (χ3v) is 7.88. The number of carbonyl (C=O) groups excluding carboxylic acids is 2. The number of benzene rings is 3. The molecule has 40 heavy (non-hydrogen) atoms. The fraction of sp³-hybridized carbons (Fsp3) is 0.323. The Kier molecular flexibility index (Phi) is 7.30. The molecule has 7 nitrogen and oxygen atoms in total. The van der Waals surface area contributed by atoms with E-state index >= 15 is 0 Å². The molecule has 9 heteroatoms. The van der Waals surface area contributed by atoms with E-state index in [1.165, 1.54) is 29.8 Å². The van der Waals surface area contributed by atoms with Crippen LogP contribution in [0.4, 0.5) is 8.78 Å². The molecule has 0 bridgehead atoms. The number of fused-ring (bicyclic) bond motifs is 1. The van der Waals surface area contributed by atoms with E-state index in [0.717, 1.165) is 49.5 Å². The number of aromatic nitrogens is 2. The molecular weight excluding hydrogens is 512 g/mol. The van der Waals surface area contributed by atoms with Crippen molar-refractivity contribution in [1.29, 1.82) is 0 Å². The van der Waals surface area contributed by atoms with Crippen molar-refractivity contribution in [2.24, 2.45) is 0 Å². The van der Waals surface area contributed by atoms with Gasteiger partial charge in [0.25, 0.3) is 11.8 Å². The molecule has 2 saturated heterocycles. The first-order chi connectivity index (χ1) is 19.4. The summed E-state index contributed by atoms with van der Waals surface area (Å²) in [5.41, 5.74) is 5.54. The number of hydrogen-bond acceptors (Lipinski definition) is 4. The summed E-state index contributed by atoms with van der Waals surface area (Å²) < 4.78 is 27.2. The topological polar surface area (TPSA) is 70.5 Å². The van der Waals surface area contributed by atoms with Crippen LogP contribution in [0, 0.1) is 11.6 Å². The molecule has 0 spiro atoms. The standard InChI is InChI=1S/C31H31F2N5O2/c32-24-16-22(17-25(33)18-24)14-21-9-10-29-23(15-21)19-34-38(29)35-30(39)27-7-1-2-8-28(27)31(40)37-13-5-6-26(37)20-36-11-3-4-12-36/h1-2,7-10,15-19,26H,3-6,11-14,20H2,(H,35,39)/t26-/m1/s1. The maximum Gasteiger partial charge on any atom is 0.272 e. The SMILES string of the molecule is O=C(Nn1ncc2cc(Cc3cc(F)cc(F)c3)ccc21)c1ccccc1C(=O)N1CCC[C@@H]1CN1CCCC1. The van der Waals surface area contributed by atoms with Crippen molar-refractivity contribution >= 4 is 22.7 Å². The zero-order valence-corrected chi connectivity index (χ0v) is 22.2. The summed E-state index contributed by atoms with van der Waals surface area (Å²) >= 11 is 0. The lowest BCUT2D eigenvalue weighted by Gasteiger charge is -2.29. The molecular formula is C31H31F2N5O2. The second-order valence-electron chi connectivity index (χ2n) is 10.7. The lowest BCUT2D eigenvalue weighted by molar-refractivity contribution is 0.0704. The molecule has 2 aliphatic heterocycles. The van der Waals surface area contributed by atoms with Gasteiger partial charge in [-0.15, -0.1) is 0 Å². The summed E-state index contributed by atoms with van der Waals surface area (Å²) in [6.45, 7) is 3.75. The van der Waals surface area contributed by atoms with Gasteiger partial charge in [-0.1, -0.05) is 18.2 Å². The quantitative estimate of drug-likeness (QED) is 0.357. The van der Waals surface area contributed by atoms with Crippen LogP contribution in [-0.2, 0) is 6.42 Å². The van der Waals surface area contributed by atoms with E-state index in [2.05, 4.69) is 15.4 Å². The number of halogens is 2. The Bertz CT molecular complexity index is 1540. The average Bonchev–Trinajstić information content (AvgIpc) is 3.70. The van der Waals surface area contributed by atoms with Gasteiger partial charge >= 0.3 is 0 Å². The molecule has 3 heterocycles. The molecule has 1 atom stereocenters. The highest BCUT2D eigenvalue weighted by Gasteiger charge is 2.33. The molecule has 3 aromatic carbocycles. The zero-order valence-electron chi connectivity index (χ0n) is 22.2. The van der Waals surface area contributed by atoms with Gasteiger partial charge in [0, 0.05) is 30.6 Å². The number of nitrogens with one attached hydrogen (secondary N) is 1. The van der Waals surface area contributed by atoms with Gasteiger partial charge in [0.1, 0.15) is 11.6 Å². The van der Waals surface area contributed by atoms with Gasteiger partial charge in [0.15, 0.2) is 0 Å². The highest BCUT2D eigenvalue weighted by molar-refractivity contribution is 6.10. The van der Waals surface area contributed by atoms with Gasteiger partial charge in [0.05, 0.1) is 22.8 Å². The fourth-order valence-corrected chi connectivity index (χ4v) is 5.97. The summed E-state index contributed by atoms with van der Waals surface area (Å²) in [6, 6.07) is 16.1.